The van der Waals surface area contributed by atoms with E-state index in [0.717, 1.165) is 12.6 Å². The van der Waals surface area contributed by atoms with Gasteiger partial charge >= 0.3 is 0 Å². The lowest BCUT2D eigenvalue weighted by atomic mass is 9.93. The van der Waals surface area contributed by atoms with Crippen molar-refractivity contribution in [1.82, 2.24) is 10.2 Å². The van der Waals surface area contributed by atoms with Gasteiger partial charge in [-0.3, -0.25) is 4.90 Å². The first-order chi connectivity index (χ1) is 7.62. The minimum absolute atomic E-state index is 0.234. The summed E-state index contributed by atoms with van der Waals surface area (Å²) in [4.78, 5) is 2.63. The Bertz CT molecular complexity index is 279. The van der Waals surface area contributed by atoms with Gasteiger partial charge in [0.2, 0.25) is 0 Å². The molecule has 0 aliphatic carbocycles. The van der Waals surface area contributed by atoms with E-state index in [1.165, 1.54) is 38.8 Å². The molecule has 0 radical (unpaired) electrons. The van der Waals surface area contributed by atoms with Crippen LogP contribution in [-0.2, 0) is 0 Å². The Hall–Kier alpha value is -0.590. The Morgan fingerprint density at radius 2 is 2.12 bits per heavy atom. The van der Waals surface area contributed by atoms with Crippen LogP contribution in [0.1, 0.15) is 39.5 Å². The Balaban J connectivity index is 1.85. The van der Waals surface area contributed by atoms with Crippen molar-refractivity contribution in [3.8, 4) is 6.07 Å². The molecule has 2 unspecified atom stereocenters. The van der Waals surface area contributed by atoms with Gasteiger partial charge in [0.05, 0.1) is 11.5 Å². The van der Waals surface area contributed by atoms with Gasteiger partial charge < -0.3 is 5.32 Å². The third kappa shape index (κ3) is 2.56. The molecule has 0 spiro atoms. The molecule has 2 atom stereocenters. The highest BCUT2D eigenvalue weighted by Crippen LogP contribution is 2.27. The van der Waals surface area contributed by atoms with Gasteiger partial charge in [-0.25, -0.2) is 0 Å². The number of piperidine rings is 1. The first kappa shape index (κ1) is 11.9. The highest BCUT2D eigenvalue weighted by molar-refractivity contribution is 4.98. The van der Waals surface area contributed by atoms with Crippen molar-refractivity contribution in [2.45, 2.75) is 51.6 Å². The van der Waals surface area contributed by atoms with E-state index in [1.54, 1.807) is 0 Å². The minimum Gasteiger partial charge on any atom is -0.311 e. The normalized spacial score (nSPS) is 31.1. The number of hydrogen-bond acceptors (Lipinski definition) is 3. The summed E-state index contributed by atoms with van der Waals surface area (Å²) in [5, 5.41) is 12.6. The fourth-order valence-electron chi connectivity index (χ4n) is 2.91. The predicted octanol–water partition coefficient (Wildman–Crippen LogP) is 1.75. The van der Waals surface area contributed by atoms with Crippen molar-refractivity contribution >= 4 is 0 Å². The molecule has 0 saturated carbocycles. The average Bonchev–Trinajstić information content (AvgIpc) is 2.70. The lowest BCUT2D eigenvalue weighted by Crippen LogP contribution is -2.46. The van der Waals surface area contributed by atoms with Crippen LogP contribution in [0, 0.1) is 16.7 Å². The SMILES string of the molecule is CC(C)(C#N)CNC1CCN2CCCCC12. The highest BCUT2D eigenvalue weighted by Gasteiger charge is 2.35. The van der Waals surface area contributed by atoms with Crippen LogP contribution >= 0.6 is 0 Å². The molecule has 90 valence electrons. The van der Waals surface area contributed by atoms with E-state index in [4.69, 9.17) is 5.26 Å². The van der Waals surface area contributed by atoms with Crippen LogP contribution in [0.2, 0.25) is 0 Å². The van der Waals surface area contributed by atoms with E-state index in [2.05, 4.69) is 16.3 Å². The molecule has 3 heteroatoms. The maximum atomic E-state index is 9.00. The Morgan fingerprint density at radius 1 is 1.31 bits per heavy atom. The third-order valence-corrected chi connectivity index (χ3v) is 3.96. The second-order valence-corrected chi connectivity index (χ2v) is 5.87. The molecule has 3 nitrogen and oxygen atoms in total. The molecule has 0 amide bonds. The first-order valence-electron chi connectivity index (χ1n) is 6.51. The van der Waals surface area contributed by atoms with Gasteiger partial charge in [0.15, 0.2) is 0 Å². The summed E-state index contributed by atoms with van der Waals surface area (Å²) in [6.45, 7) is 7.36. The van der Waals surface area contributed by atoms with Crippen molar-refractivity contribution in [2.24, 2.45) is 5.41 Å². The smallest absolute Gasteiger partial charge is 0.0697 e. The fourth-order valence-corrected chi connectivity index (χ4v) is 2.91. The standard InChI is InChI=1S/C13H23N3/c1-13(2,9-14)10-15-11-6-8-16-7-4-3-5-12(11)16/h11-12,15H,3-8,10H2,1-2H3. The lowest BCUT2D eigenvalue weighted by molar-refractivity contribution is 0.178. The monoisotopic (exact) mass is 221 g/mol. The number of nitrogens with one attached hydrogen (secondary N) is 1. The largest absolute Gasteiger partial charge is 0.311 e. The van der Waals surface area contributed by atoms with Gasteiger partial charge in [0, 0.05) is 25.2 Å². The molecule has 2 saturated heterocycles. The molecule has 2 aliphatic heterocycles. The Kier molecular flexibility index (Phi) is 3.51. The topological polar surface area (TPSA) is 39.1 Å². The molecule has 2 heterocycles. The zero-order valence-corrected chi connectivity index (χ0v) is 10.5. The number of nitrogens with zero attached hydrogens (tertiary/aromatic N) is 2. The quantitative estimate of drug-likeness (QED) is 0.789. The van der Waals surface area contributed by atoms with E-state index in [-0.39, 0.29) is 5.41 Å². The van der Waals surface area contributed by atoms with Crippen molar-refractivity contribution in [1.29, 1.82) is 5.26 Å². The minimum atomic E-state index is -0.234. The van der Waals surface area contributed by atoms with Crippen LogP contribution in [0.5, 0.6) is 0 Å². The number of rotatable bonds is 3. The molecule has 16 heavy (non-hydrogen) atoms. The Labute approximate surface area is 98.8 Å². The highest BCUT2D eigenvalue weighted by atomic mass is 15.2. The predicted molar refractivity (Wildman–Crippen MR) is 65.0 cm³/mol. The molecule has 2 rings (SSSR count). The zero-order valence-electron chi connectivity index (χ0n) is 10.5. The molecular formula is C13H23N3. The number of hydrogen-bond donors (Lipinski definition) is 1. The summed E-state index contributed by atoms with van der Waals surface area (Å²) in [6, 6.07) is 3.72. The molecule has 1 N–H and O–H groups in total. The summed E-state index contributed by atoms with van der Waals surface area (Å²) in [5.74, 6) is 0. The van der Waals surface area contributed by atoms with Gasteiger partial charge in [-0.2, -0.15) is 5.26 Å². The van der Waals surface area contributed by atoms with Gasteiger partial charge in [-0.1, -0.05) is 6.42 Å². The summed E-state index contributed by atoms with van der Waals surface area (Å²) < 4.78 is 0. The van der Waals surface area contributed by atoms with Gasteiger partial charge in [-0.05, 0) is 39.7 Å². The molecule has 2 aliphatic rings. The van der Waals surface area contributed by atoms with Crippen molar-refractivity contribution in [3.05, 3.63) is 0 Å². The van der Waals surface area contributed by atoms with E-state index in [9.17, 15) is 0 Å². The first-order valence-corrected chi connectivity index (χ1v) is 6.51. The van der Waals surface area contributed by atoms with Gasteiger partial charge in [0.25, 0.3) is 0 Å². The van der Waals surface area contributed by atoms with Crippen molar-refractivity contribution in [3.63, 3.8) is 0 Å². The van der Waals surface area contributed by atoms with E-state index in [0.29, 0.717) is 6.04 Å². The van der Waals surface area contributed by atoms with Crippen LogP contribution in [-0.4, -0.2) is 36.6 Å². The lowest BCUT2D eigenvalue weighted by Gasteiger charge is -2.33. The molecular weight excluding hydrogens is 198 g/mol. The van der Waals surface area contributed by atoms with E-state index >= 15 is 0 Å². The van der Waals surface area contributed by atoms with E-state index in [1.807, 2.05) is 13.8 Å². The van der Waals surface area contributed by atoms with Crippen LogP contribution in [0.25, 0.3) is 0 Å². The second-order valence-electron chi connectivity index (χ2n) is 5.87. The van der Waals surface area contributed by atoms with Crippen molar-refractivity contribution in [2.75, 3.05) is 19.6 Å². The van der Waals surface area contributed by atoms with Gasteiger partial charge in [0.1, 0.15) is 0 Å². The maximum absolute atomic E-state index is 9.00. The van der Waals surface area contributed by atoms with Crippen LogP contribution in [0.4, 0.5) is 0 Å². The van der Waals surface area contributed by atoms with Crippen LogP contribution in [0.3, 0.4) is 0 Å². The number of fused-ring (bicyclic) bond motifs is 1. The maximum Gasteiger partial charge on any atom is 0.0697 e. The van der Waals surface area contributed by atoms with Crippen molar-refractivity contribution < 1.29 is 0 Å². The molecule has 0 aromatic heterocycles. The summed E-state index contributed by atoms with van der Waals surface area (Å²) in [6.07, 6.45) is 5.34. The number of nitriles is 1. The average molecular weight is 221 g/mol. The third-order valence-electron chi connectivity index (χ3n) is 3.96. The zero-order chi connectivity index (χ0) is 11.6. The molecule has 0 aromatic rings. The van der Waals surface area contributed by atoms with E-state index < -0.39 is 0 Å². The fraction of sp³-hybridized carbons (Fsp3) is 0.923. The summed E-state index contributed by atoms with van der Waals surface area (Å²) in [7, 11) is 0. The molecule has 0 bridgehead atoms. The van der Waals surface area contributed by atoms with Crippen LogP contribution < -0.4 is 5.32 Å². The summed E-state index contributed by atoms with van der Waals surface area (Å²) >= 11 is 0. The summed E-state index contributed by atoms with van der Waals surface area (Å²) in [5.41, 5.74) is -0.234. The Morgan fingerprint density at radius 3 is 2.88 bits per heavy atom. The van der Waals surface area contributed by atoms with Gasteiger partial charge in [-0.15, -0.1) is 0 Å². The molecule has 2 fully saturated rings. The molecule has 0 aromatic carbocycles. The van der Waals surface area contributed by atoms with Crippen LogP contribution in [0.15, 0.2) is 0 Å². The second kappa shape index (κ2) is 4.73.